The van der Waals surface area contributed by atoms with Crippen LogP contribution >= 0.6 is 0 Å². The molecular weight excluding hydrogens is 224 g/mol. The van der Waals surface area contributed by atoms with E-state index in [1.807, 2.05) is 0 Å². The van der Waals surface area contributed by atoms with Gasteiger partial charge in [0.15, 0.2) is 0 Å². The van der Waals surface area contributed by atoms with Gasteiger partial charge in [-0.15, -0.1) is 0 Å². The molecule has 1 heterocycles. The average molecular weight is 252 g/mol. The number of rotatable bonds is 7. The molecule has 1 unspecified atom stereocenters. The molecule has 0 saturated carbocycles. The minimum atomic E-state index is 0.576. The van der Waals surface area contributed by atoms with Gasteiger partial charge in [0.25, 0.3) is 0 Å². The molecule has 1 atom stereocenters. The van der Waals surface area contributed by atoms with Gasteiger partial charge in [-0.1, -0.05) is 25.2 Å². The predicted octanol–water partition coefficient (Wildman–Crippen LogP) is 2.21. The highest BCUT2D eigenvalue weighted by Gasteiger charge is 2.18. The van der Waals surface area contributed by atoms with Crippen LogP contribution < -0.4 is 5.32 Å². The molecule has 1 N–H and O–H groups in total. The fraction of sp³-hybridized carbons (Fsp3) is 0.733. The molecule has 0 spiro atoms. The Morgan fingerprint density at radius 1 is 1.50 bits per heavy atom. The summed E-state index contributed by atoms with van der Waals surface area (Å²) in [5, 5.41) is 3.56. The van der Waals surface area contributed by atoms with Crippen LogP contribution in [0.4, 0.5) is 0 Å². The lowest BCUT2D eigenvalue weighted by atomic mass is 10.1. The summed E-state index contributed by atoms with van der Waals surface area (Å²) in [5.41, 5.74) is 1.42. The van der Waals surface area contributed by atoms with E-state index in [0.717, 1.165) is 45.6 Å². The van der Waals surface area contributed by atoms with Crippen molar-refractivity contribution in [1.82, 2.24) is 10.2 Å². The fourth-order valence-electron chi connectivity index (χ4n) is 2.26. The van der Waals surface area contributed by atoms with E-state index in [4.69, 9.17) is 4.74 Å². The van der Waals surface area contributed by atoms with Crippen molar-refractivity contribution >= 4 is 0 Å². The first-order valence-corrected chi connectivity index (χ1v) is 7.06. The maximum Gasteiger partial charge on any atom is 0.0477 e. The second kappa shape index (κ2) is 9.31. The number of nitrogens with one attached hydrogen (secondary N) is 1. The largest absolute Gasteiger partial charge is 0.385 e. The van der Waals surface area contributed by atoms with Crippen LogP contribution in [0.25, 0.3) is 0 Å². The number of allylic oxidation sites excluding steroid dienone is 2. The lowest BCUT2D eigenvalue weighted by molar-refractivity contribution is 0.152. The Balaban J connectivity index is 2.38. The van der Waals surface area contributed by atoms with E-state index in [-0.39, 0.29) is 0 Å². The highest BCUT2D eigenvalue weighted by Crippen LogP contribution is 2.08. The maximum atomic E-state index is 5.15. The van der Waals surface area contributed by atoms with Crippen LogP contribution in [-0.2, 0) is 4.74 Å². The van der Waals surface area contributed by atoms with Crippen LogP contribution in [0.15, 0.2) is 23.8 Å². The quantitative estimate of drug-likeness (QED) is 0.703. The average Bonchev–Trinajstić information content (AvgIpc) is 2.41. The molecule has 0 aliphatic carbocycles. The van der Waals surface area contributed by atoms with Crippen LogP contribution in [-0.4, -0.2) is 50.8 Å². The Morgan fingerprint density at radius 3 is 3.00 bits per heavy atom. The van der Waals surface area contributed by atoms with Crippen molar-refractivity contribution in [2.24, 2.45) is 0 Å². The van der Waals surface area contributed by atoms with Gasteiger partial charge in [0.05, 0.1) is 0 Å². The Hall–Kier alpha value is -0.640. The van der Waals surface area contributed by atoms with Crippen molar-refractivity contribution in [3.05, 3.63) is 23.8 Å². The Bertz CT molecular complexity index is 274. The van der Waals surface area contributed by atoms with Gasteiger partial charge in [0, 0.05) is 45.9 Å². The van der Waals surface area contributed by atoms with E-state index in [0.29, 0.717) is 6.04 Å². The van der Waals surface area contributed by atoms with E-state index in [1.54, 1.807) is 7.11 Å². The van der Waals surface area contributed by atoms with Crippen LogP contribution in [0.3, 0.4) is 0 Å². The van der Waals surface area contributed by atoms with Gasteiger partial charge >= 0.3 is 0 Å². The predicted molar refractivity (Wildman–Crippen MR) is 77.9 cm³/mol. The van der Waals surface area contributed by atoms with Crippen LogP contribution in [0.5, 0.6) is 0 Å². The lowest BCUT2D eigenvalue weighted by Crippen LogP contribution is -2.51. The van der Waals surface area contributed by atoms with Crippen LogP contribution in [0.2, 0.25) is 0 Å². The van der Waals surface area contributed by atoms with Gasteiger partial charge in [-0.3, -0.25) is 4.90 Å². The van der Waals surface area contributed by atoms with Crippen molar-refractivity contribution in [1.29, 1.82) is 0 Å². The molecule has 1 aliphatic rings. The summed E-state index contributed by atoms with van der Waals surface area (Å²) in [4.78, 5) is 2.53. The molecule has 0 bridgehead atoms. The van der Waals surface area contributed by atoms with Crippen molar-refractivity contribution in [3.63, 3.8) is 0 Å². The summed E-state index contributed by atoms with van der Waals surface area (Å²) in [5.74, 6) is 0. The van der Waals surface area contributed by atoms with E-state index >= 15 is 0 Å². The summed E-state index contributed by atoms with van der Waals surface area (Å²) in [6.07, 6.45) is 8.92. The number of piperazine rings is 1. The Labute approximate surface area is 112 Å². The van der Waals surface area contributed by atoms with Gasteiger partial charge in [0.1, 0.15) is 0 Å². The molecule has 104 valence electrons. The lowest BCUT2D eigenvalue weighted by Gasteiger charge is -2.33. The molecule has 0 amide bonds. The van der Waals surface area contributed by atoms with Crippen molar-refractivity contribution in [2.75, 3.05) is 39.9 Å². The highest BCUT2D eigenvalue weighted by atomic mass is 16.5. The Kier molecular flexibility index (Phi) is 7.98. The third kappa shape index (κ3) is 5.80. The van der Waals surface area contributed by atoms with Crippen LogP contribution in [0.1, 0.15) is 26.7 Å². The van der Waals surface area contributed by atoms with Crippen LogP contribution in [0, 0.1) is 0 Å². The number of hydrogen-bond acceptors (Lipinski definition) is 3. The molecule has 0 radical (unpaired) electrons. The molecule has 1 rings (SSSR count). The summed E-state index contributed by atoms with van der Waals surface area (Å²) < 4.78 is 5.15. The smallest absolute Gasteiger partial charge is 0.0477 e. The molecule has 0 aromatic rings. The monoisotopic (exact) mass is 252 g/mol. The number of nitrogens with zero attached hydrogens (tertiary/aromatic N) is 1. The normalized spacial score (nSPS) is 22.8. The van der Waals surface area contributed by atoms with E-state index in [2.05, 4.69) is 42.3 Å². The molecule has 0 aromatic carbocycles. The van der Waals surface area contributed by atoms with Gasteiger partial charge < -0.3 is 10.1 Å². The molecule has 18 heavy (non-hydrogen) atoms. The highest BCUT2D eigenvalue weighted by molar-refractivity contribution is 5.19. The number of ether oxygens (including phenoxy) is 1. The summed E-state index contributed by atoms with van der Waals surface area (Å²) >= 11 is 0. The molecule has 3 heteroatoms. The SMILES string of the molecule is C/C=C(\C=C/CC)CN1CCNC(CCOC)C1. The molecule has 0 aromatic heterocycles. The van der Waals surface area contributed by atoms with Gasteiger partial charge in [-0.25, -0.2) is 0 Å². The zero-order chi connectivity index (χ0) is 13.2. The van der Waals surface area contributed by atoms with Crippen molar-refractivity contribution in [2.45, 2.75) is 32.7 Å². The first-order valence-electron chi connectivity index (χ1n) is 7.06. The first kappa shape index (κ1) is 15.4. The molecule has 1 saturated heterocycles. The van der Waals surface area contributed by atoms with E-state index < -0.39 is 0 Å². The van der Waals surface area contributed by atoms with Crippen molar-refractivity contribution in [3.8, 4) is 0 Å². The van der Waals surface area contributed by atoms with Gasteiger partial charge in [-0.05, 0) is 25.3 Å². The second-order valence-electron chi connectivity index (χ2n) is 4.84. The molecule has 1 fully saturated rings. The minimum Gasteiger partial charge on any atom is -0.385 e. The summed E-state index contributed by atoms with van der Waals surface area (Å²) in [7, 11) is 1.77. The first-order chi connectivity index (χ1) is 8.80. The zero-order valence-electron chi connectivity index (χ0n) is 12.1. The number of methoxy groups -OCH3 is 1. The summed E-state index contributed by atoms with van der Waals surface area (Å²) in [6, 6.07) is 0.576. The zero-order valence-corrected chi connectivity index (χ0v) is 12.1. The Morgan fingerprint density at radius 2 is 2.33 bits per heavy atom. The molecular formula is C15H28N2O. The minimum absolute atomic E-state index is 0.576. The van der Waals surface area contributed by atoms with E-state index in [1.165, 1.54) is 5.57 Å². The standard InChI is InChI=1S/C15H28N2O/c1-4-6-7-14(5-2)12-17-10-9-16-15(13-17)8-11-18-3/h5-7,15-16H,4,8-13H2,1-3H3/b7-6-,14-5+. The van der Waals surface area contributed by atoms with E-state index in [9.17, 15) is 0 Å². The maximum absolute atomic E-state index is 5.15. The third-order valence-corrected chi connectivity index (χ3v) is 3.35. The molecule has 3 nitrogen and oxygen atoms in total. The fourth-order valence-corrected chi connectivity index (χ4v) is 2.26. The third-order valence-electron chi connectivity index (χ3n) is 3.35. The number of hydrogen-bond donors (Lipinski definition) is 1. The van der Waals surface area contributed by atoms with Gasteiger partial charge in [-0.2, -0.15) is 0 Å². The summed E-state index contributed by atoms with van der Waals surface area (Å²) in [6.45, 7) is 9.56. The second-order valence-corrected chi connectivity index (χ2v) is 4.84. The van der Waals surface area contributed by atoms with Crippen molar-refractivity contribution < 1.29 is 4.74 Å². The molecule has 1 aliphatic heterocycles. The van der Waals surface area contributed by atoms with Gasteiger partial charge in [0.2, 0.25) is 0 Å². The topological polar surface area (TPSA) is 24.5 Å².